The molecule has 176 valence electrons. The van der Waals surface area contributed by atoms with Crippen LogP contribution in [0.25, 0.3) is 15.6 Å². The van der Waals surface area contributed by atoms with E-state index in [-0.39, 0.29) is 16.9 Å². The molecule has 3 heterocycles. The van der Waals surface area contributed by atoms with Gasteiger partial charge < -0.3 is 9.16 Å². The first-order valence-corrected chi connectivity index (χ1v) is 14.7. The van der Waals surface area contributed by atoms with E-state index < -0.39 is 31.9 Å². The van der Waals surface area contributed by atoms with Crippen molar-refractivity contribution >= 4 is 42.3 Å². The number of imide groups is 1. The summed E-state index contributed by atoms with van der Waals surface area (Å²) in [7, 11) is -1.94. The SMILES string of the molecule is [C-]#[N+]c1ccc(N2C(=O)[C@@H]3C4C=CC(CCO[Si](C)(C)C(C)(C)C)(O4)[C@@H]3C2=O)c2ccccc12. The molecule has 3 aliphatic heterocycles. The zero-order chi connectivity index (χ0) is 24.5. The Morgan fingerprint density at radius 3 is 2.50 bits per heavy atom. The first-order valence-electron chi connectivity index (χ1n) is 11.8. The number of hydrogen-bond acceptors (Lipinski definition) is 4. The lowest BCUT2D eigenvalue weighted by Gasteiger charge is -2.37. The Morgan fingerprint density at radius 1 is 1.12 bits per heavy atom. The molecule has 34 heavy (non-hydrogen) atoms. The monoisotopic (exact) mass is 474 g/mol. The van der Waals surface area contributed by atoms with Crippen molar-refractivity contribution in [3.8, 4) is 0 Å². The second-order valence-corrected chi connectivity index (χ2v) is 15.8. The molecule has 0 radical (unpaired) electrons. The Bertz CT molecular complexity index is 1270. The van der Waals surface area contributed by atoms with Gasteiger partial charge >= 0.3 is 0 Å². The van der Waals surface area contributed by atoms with Crippen molar-refractivity contribution in [3.63, 3.8) is 0 Å². The number of fused-ring (bicyclic) bond motifs is 6. The Morgan fingerprint density at radius 2 is 1.82 bits per heavy atom. The number of ether oxygens (including phenoxy) is 1. The van der Waals surface area contributed by atoms with Crippen LogP contribution in [-0.4, -0.2) is 38.4 Å². The van der Waals surface area contributed by atoms with E-state index in [9.17, 15) is 9.59 Å². The van der Waals surface area contributed by atoms with Gasteiger partial charge in [0.15, 0.2) is 14.0 Å². The summed E-state index contributed by atoms with van der Waals surface area (Å²) in [4.78, 5) is 32.3. The van der Waals surface area contributed by atoms with E-state index in [1.165, 1.54) is 4.90 Å². The highest BCUT2D eigenvalue weighted by Crippen LogP contribution is 2.54. The fraction of sp³-hybridized carbons (Fsp3) is 0.444. The van der Waals surface area contributed by atoms with Crippen LogP contribution < -0.4 is 4.90 Å². The summed E-state index contributed by atoms with van der Waals surface area (Å²) in [6, 6.07) is 10.8. The van der Waals surface area contributed by atoms with Crippen molar-refractivity contribution in [1.82, 2.24) is 0 Å². The number of carbonyl (C=O) groups excluding carboxylic acids is 2. The van der Waals surface area contributed by atoms with Gasteiger partial charge in [-0.1, -0.05) is 63.3 Å². The molecule has 4 atom stereocenters. The van der Waals surface area contributed by atoms with Crippen LogP contribution in [0.5, 0.6) is 0 Å². The predicted molar refractivity (Wildman–Crippen MR) is 134 cm³/mol. The van der Waals surface area contributed by atoms with E-state index in [0.29, 0.717) is 24.4 Å². The maximum Gasteiger partial charge on any atom is 0.241 e. The van der Waals surface area contributed by atoms with Crippen molar-refractivity contribution in [3.05, 3.63) is 60.0 Å². The smallest absolute Gasteiger partial charge is 0.241 e. The van der Waals surface area contributed by atoms with Crippen LogP contribution in [0, 0.1) is 18.4 Å². The Kier molecular flexibility index (Phi) is 5.14. The fourth-order valence-electron chi connectivity index (χ4n) is 5.27. The van der Waals surface area contributed by atoms with Gasteiger partial charge in [-0.05, 0) is 35.0 Å². The lowest BCUT2D eigenvalue weighted by molar-refractivity contribution is -0.127. The van der Waals surface area contributed by atoms with Crippen molar-refractivity contribution in [1.29, 1.82) is 0 Å². The minimum atomic E-state index is -1.94. The van der Waals surface area contributed by atoms with Gasteiger partial charge in [0.2, 0.25) is 11.8 Å². The van der Waals surface area contributed by atoms with Crippen LogP contribution in [0.15, 0.2) is 48.6 Å². The molecule has 7 heteroatoms. The van der Waals surface area contributed by atoms with Crippen LogP contribution in [0.2, 0.25) is 18.1 Å². The average molecular weight is 475 g/mol. The van der Waals surface area contributed by atoms with Gasteiger partial charge in [0.1, 0.15) is 5.60 Å². The van der Waals surface area contributed by atoms with Crippen molar-refractivity contribution in [2.75, 3.05) is 11.5 Å². The molecular weight excluding hydrogens is 444 g/mol. The normalized spacial score (nSPS) is 28.1. The number of rotatable bonds is 5. The number of anilines is 1. The third-order valence-corrected chi connectivity index (χ3v) is 12.7. The summed E-state index contributed by atoms with van der Waals surface area (Å²) in [5.74, 6) is -1.53. The predicted octanol–water partition coefficient (Wildman–Crippen LogP) is 5.62. The molecule has 2 aromatic carbocycles. The van der Waals surface area contributed by atoms with E-state index in [2.05, 4.69) is 38.7 Å². The van der Waals surface area contributed by atoms with Gasteiger partial charge in [0, 0.05) is 13.0 Å². The third-order valence-electron chi connectivity index (χ3n) is 8.16. The zero-order valence-corrected chi connectivity index (χ0v) is 21.3. The van der Waals surface area contributed by atoms with Crippen LogP contribution in [0.1, 0.15) is 27.2 Å². The van der Waals surface area contributed by atoms with E-state index in [4.69, 9.17) is 15.7 Å². The molecule has 2 aromatic rings. The maximum atomic E-state index is 13.8. The molecule has 0 N–H and O–H groups in total. The zero-order valence-electron chi connectivity index (χ0n) is 20.3. The van der Waals surface area contributed by atoms with Gasteiger partial charge in [-0.2, -0.15) is 0 Å². The lowest BCUT2D eigenvalue weighted by atomic mass is 9.75. The van der Waals surface area contributed by atoms with Gasteiger partial charge in [0.05, 0.1) is 30.2 Å². The second-order valence-electron chi connectivity index (χ2n) is 11.0. The quantitative estimate of drug-likeness (QED) is 0.244. The molecular formula is C27H30N2O4Si. The highest BCUT2D eigenvalue weighted by molar-refractivity contribution is 6.74. The van der Waals surface area contributed by atoms with Gasteiger partial charge in [-0.25, -0.2) is 9.74 Å². The molecule has 5 rings (SSSR count). The number of benzene rings is 2. The highest BCUT2D eigenvalue weighted by Gasteiger charge is 2.67. The van der Waals surface area contributed by atoms with Crippen LogP contribution in [-0.2, 0) is 18.8 Å². The molecule has 0 aliphatic carbocycles. The molecule has 6 nitrogen and oxygen atoms in total. The van der Waals surface area contributed by atoms with Gasteiger partial charge in [0.25, 0.3) is 0 Å². The summed E-state index contributed by atoms with van der Waals surface area (Å²) >= 11 is 0. The average Bonchev–Trinajstić information content (AvgIpc) is 3.42. The number of amides is 2. The molecule has 2 saturated heterocycles. The summed E-state index contributed by atoms with van der Waals surface area (Å²) in [6.07, 6.45) is 4.05. The Balaban J connectivity index is 1.46. The Labute approximate surface area is 201 Å². The largest absolute Gasteiger partial charge is 0.417 e. The molecule has 0 spiro atoms. The molecule has 2 unspecified atom stereocenters. The van der Waals surface area contributed by atoms with E-state index in [1.54, 1.807) is 12.1 Å². The van der Waals surface area contributed by atoms with Crippen molar-refractivity contribution in [2.45, 2.75) is 57.0 Å². The minimum Gasteiger partial charge on any atom is -0.417 e. The van der Waals surface area contributed by atoms with Gasteiger partial charge in [-0.15, -0.1) is 0 Å². The maximum absolute atomic E-state index is 13.8. The fourth-order valence-corrected chi connectivity index (χ4v) is 6.32. The summed E-state index contributed by atoms with van der Waals surface area (Å²) in [5, 5.41) is 1.56. The molecule has 0 aromatic heterocycles. The minimum absolute atomic E-state index is 0.0896. The molecule has 2 fully saturated rings. The summed E-state index contributed by atoms with van der Waals surface area (Å²) < 4.78 is 12.7. The van der Waals surface area contributed by atoms with Crippen LogP contribution in [0.3, 0.4) is 0 Å². The Hall–Kier alpha value is -2.79. The number of nitrogens with zero attached hydrogens (tertiary/aromatic N) is 2. The van der Waals surface area contributed by atoms with Crippen LogP contribution in [0.4, 0.5) is 11.4 Å². The van der Waals surface area contributed by atoms with E-state index in [1.807, 2.05) is 36.4 Å². The lowest BCUT2D eigenvalue weighted by Crippen LogP contribution is -2.44. The van der Waals surface area contributed by atoms with E-state index >= 15 is 0 Å². The number of carbonyl (C=O) groups is 2. The summed E-state index contributed by atoms with van der Waals surface area (Å²) in [5.41, 5.74) is 0.230. The van der Waals surface area contributed by atoms with E-state index in [0.717, 1.165) is 10.8 Å². The molecule has 3 aliphatic rings. The summed E-state index contributed by atoms with van der Waals surface area (Å²) in [6.45, 7) is 19.0. The highest BCUT2D eigenvalue weighted by atomic mass is 28.4. The number of hydrogen-bond donors (Lipinski definition) is 0. The van der Waals surface area contributed by atoms with Crippen molar-refractivity contribution < 1.29 is 18.8 Å². The molecule has 2 bridgehead atoms. The molecule has 0 saturated carbocycles. The van der Waals surface area contributed by atoms with Crippen molar-refractivity contribution in [2.24, 2.45) is 11.8 Å². The van der Waals surface area contributed by atoms with Gasteiger partial charge in [-0.3, -0.25) is 9.59 Å². The topological polar surface area (TPSA) is 60.2 Å². The molecule has 2 amide bonds. The first kappa shape index (κ1) is 23.0. The third kappa shape index (κ3) is 3.20. The first-order chi connectivity index (χ1) is 16.0. The van der Waals surface area contributed by atoms with Crippen LogP contribution >= 0.6 is 0 Å². The standard InChI is InChI=1S/C27H30N2O4Si/c1-26(2,3)34(5,6)32-16-15-27-14-13-21(33-27)22-23(27)25(31)29(24(22)30)20-12-11-19(28-4)17-9-7-8-10-18(17)20/h7-14,21-23H,15-16H2,1-3,5-6H3/t21?,22-,23+,27?/m1/s1. The second kappa shape index (κ2) is 7.61.